The van der Waals surface area contributed by atoms with Gasteiger partial charge in [-0.15, -0.1) is 0 Å². The van der Waals surface area contributed by atoms with Crippen LogP contribution in [0.5, 0.6) is 0 Å². The van der Waals surface area contributed by atoms with Crippen molar-refractivity contribution >= 4 is 17.7 Å². The molecule has 28 heavy (non-hydrogen) atoms. The fourth-order valence-electron chi connectivity index (χ4n) is 2.38. The fraction of sp³-hybridized carbons (Fsp3) is 0.474. The Kier molecular flexibility index (Phi) is 6.61. The highest BCUT2D eigenvalue weighted by atomic mass is 16.6. The number of hydrogen-bond donors (Lipinski definition) is 2. The van der Waals surface area contributed by atoms with Crippen LogP contribution in [-0.4, -0.2) is 45.7 Å². The zero-order chi connectivity index (χ0) is 20.9. The molecule has 3 N–H and O–H groups in total. The molecule has 9 nitrogen and oxygen atoms in total. The van der Waals surface area contributed by atoms with Crippen LogP contribution in [-0.2, 0) is 17.7 Å². The van der Waals surface area contributed by atoms with E-state index in [0.29, 0.717) is 29.4 Å². The van der Waals surface area contributed by atoms with Crippen LogP contribution >= 0.6 is 0 Å². The number of amides is 2. The van der Waals surface area contributed by atoms with Crippen LogP contribution in [0.4, 0.5) is 10.5 Å². The highest BCUT2D eigenvalue weighted by Crippen LogP contribution is 2.16. The Hall–Kier alpha value is -3.10. The average molecular weight is 389 g/mol. The summed E-state index contributed by atoms with van der Waals surface area (Å²) in [6.07, 6.45) is 0.00496. The minimum absolute atomic E-state index is 0.177. The molecule has 152 valence electrons. The first-order valence-corrected chi connectivity index (χ1v) is 8.97. The summed E-state index contributed by atoms with van der Waals surface area (Å²) in [6.45, 7) is 7.57. The number of anilines is 1. The molecule has 2 rings (SSSR count). The molecule has 0 saturated carbocycles. The van der Waals surface area contributed by atoms with Gasteiger partial charge in [-0.1, -0.05) is 17.3 Å². The summed E-state index contributed by atoms with van der Waals surface area (Å²) in [6, 6.07) is 6.73. The van der Waals surface area contributed by atoms with E-state index in [9.17, 15) is 9.59 Å². The second-order valence-corrected chi connectivity index (χ2v) is 7.51. The fourth-order valence-corrected chi connectivity index (χ4v) is 2.38. The zero-order valence-corrected chi connectivity index (χ0v) is 16.9. The van der Waals surface area contributed by atoms with E-state index in [-0.39, 0.29) is 12.6 Å². The van der Waals surface area contributed by atoms with Gasteiger partial charge < -0.3 is 25.2 Å². The van der Waals surface area contributed by atoms with Gasteiger partial charge in [0.25, 0.3) is 5.91 Å². The standard InChI is InChI=1S/C19H27N5O4/c1-12(24(5)18(26)27-19(2,3)4)10-15-22-16(28-23-15)11-21-14-9-7-6-8-13(14)17(20)25/h6-9,12,21H,10-11H2,1-5H3,(H2,20,25)/t12-/m1/s1. The van der Waals surface area contributed by atoms with Crippen molar-refractivity contribution in [3.63, 3.8) is 0 Å². The molecule has 0 spiro atoms. The van der Waals surface area contributed by atoms with Crippen LogP contribution in [0.15, 0.2) is 28.8 Å². The van der Waals surface area contributed by atoms with Gasteiger partial charge in [-0.3, -0.25) is 4.79 Å². The highest BCUT2D eigenvalue weighted by Gasteiger charge is 2.24. The molecule has 0 aliphatic carbocycles. The van der Waals surface area contributed by atoms with Gasteiger partial charge >= 0.3 is 6.09 Å². The maximum atomic E-state index is 12.1. The van der Waals surface area contributed by atoms with Crippen molar-refractivity contribution in [2.45, 2.75) is 52.3 Å². The van der Waals surface area contributed by atoms with E-state index >= 15 is 0 Å². The van der Waals surface area contributed by atoms with Crippen molar-refractivity contribution in [3.05, 3.63) is 41.5 Å². The molecule has 1 atom stereocenters. The smallest absolute Gasteiger partial charge is 0.410 e. The molecule has 2 aromatic rings. The molecule has 0 fully saturated rings. The maximum Gasteiger partial charge on any atom is 0.410 e. The number of carbonyl (C=O) groups is 2. The first kappa shape index (κ1) is 21.2. The van der Waals surface area contributed by atoms with E-state index in [2.05, 4.69) is 15.5 Å². The molecule has 0 bridgehead atoms. The number of ether oxygens (including phenoxy) is 1. The van der Waals surface area contributed by atoms with Gasteiger partial charge in [0.05, 0.1) is 12.1 Å². The summed E-state index contributed by atoms with van der Waals surface area (Å²) in [5.74, 6) is 0.317. The first-order chi connectivity index (χ1) is 13.1. The van der Waals surface area contributed by atoms with Crippen molar-refractivity contribution in [1.29, 1.82) is 0 Å². The molecule has 0 aliphatic rings. The molecule has 0 aliphatic heterocycles. The summed E-state index contributed by atoms with van der Waals surface area (Å²) in [5.41, 5.74) is 5.78. The number of likely N-dealkylation sites (N-methyl/N-ethyl adjacent to an activating group) is 1. The number of primary amides is 1. The number of nitrogens with one attached hydrogen (secondary N) is 1. The third kappa shape index (κ3) is 5.97. The quantitative estimate of drug-likeness (QED) is 0.746. The van der Waals surface area contributed by atoms with Gasteiger partial charge in [0.15, 0.2) is 5.82 Å². The predicted molar refractivity (Wildman–Crippen MR) is 104 cm³/mol. The lowest BCUT2D eigenvalue weighted by molar-refractivity contribution is 0.0234. The SMILES string of the molecule is C[C@H](Cc1noc(CNc2ccccc2C(N)=O)n1)N(C)C(=O)OC(C)(C)C. The number of rotatable bonds is 7. The molecule has 1 heterocycles. The lowest BCUT2D eigenvalue weighted by atomic mass is 10.1. The van der Waals surface area contributed by atoms with Crippen LogP contribution in [0.2, 0.25) is 0 Å². The highest BCUT2D eigenvalue weighted by molar-refractivity contribution is 5.98. The van der Waals surface area contributed by atoms with Gasteiger partial charge in [-0.25, -0.2) is 4.79 Å². The number of nitrogens with two attached hydrogens (primary N) is 1. The van der Waals surface area contributed by atoms with Gasteiger partial charge in [0, 0.05) is 25.2 Å². The second kappa shape index (κ2) is 8.73. The van der Waals surface area contributed by atoms with Gasteiger partial charge in [-0.2, -0.15) is 4.98 Å². The summed E-state index contributed by atoms with van der Waals surface area (Å²) in [7, 11) is 1.67. The Bertz CT molecular complexity index is 828. The summed E-state index contributed by atoms with van der Waals surface area (Å²) >= 11 is 0. The topological polar surface area (TPSA) is 124 Å². The largest absolute Gasteiger partial charge is 0.444 e. The van der Waals surface area contributed by atoms with Crippen LogP contribution in [0.1, 0.15) is 49.8 Å². The molecule has 2 amide bonds. The lowest BCUT2D eigenvalue weighted by Gasteiger charge is -2.28. The number of hydrogen-bond acceptors (Lipinski definition) is 7. The van der Waals surface area contributed by atoms with Gasteiger partial charge in [-0.05, 0) is 39.8 Å². The van der Waals surface area contributed by atoms with Crippen LogP contribution < -0.4 is 11.1 Å². The van der Waals surface area contributed by atoms with Crippen molar-refractivity contribution < 1.29 is 18.8 Å². The summed E-state index contributed by atoms with van der Waals surface area (Å²) in [4.78, 5) is 29.4. The number of carbonyl (C=O) groups excluding carboxylic acids is 2. The lowest BCUT2D eigenvalue weighted by Crippen LogP contribution is -2.40. The predicted octanol–water partition coefficient (Wildman–Crippen LogP) is 2.58. The Morgan fingerprint density at radius 1 is 1.32 bits per heavy atom. The normalized spacial score (nSPS) is 12.3. The molecule has 0 radical (unpaired) electrons. The van der Waals surface area contributed by atoms with E-state index < -0.39 is 17.6 Å². The van der Waals surface area contributed by atoms with Crippen molar-refractivity contribution in [3.8, 4) is 0 Å². The van der Waals surface area contributed by atoms with Crippen LogP contribution in [0.3, 0.4) is 0 Å². The van der Waals surface area contributed by atoms with Crippen LogP contribution in [0.25, 0.3) is 0 Å². The van der Waals surface area contributed by atoms with Gasteiger partial charge in [0.1, 0.15) is 5.60 Å². The zero-order valence-electron chi connectivity index (χ0n) is 16.9. The minimum Gasteiger partial charge on any atom is -0.444 e. The molecule has 0 saturated heterocycles. The Morgan fingerprint density at radius 3 is 2.64 bits per heavy atom. The van der Waals surface area contributed by atoms with Gasteiger partial charge in [0.2, 0.25) is 5.89 Å². The molecule has 1 aromatic carbocycles. The first-order valence-electron chi connectivity index (χ1n) is 8.97. The Balaban J connectivity index is 1.93. The molecule has 1 aromatic heterocycles. The van der Waals surface area contributed by atoms with Crippen molar-refractivity contribution in [2.75, 3.05) is 12.4 Å². The van der Waals surface area contributed by atoms with E-state index in [1.54, 1.807) is 31.3 Å². The van der Waals surface area contributed by atoms with E-state index in [0.717, 1.165) is 0 Å². The summed E-state index contributed by atoms with van der Waals surface area (Å²) < 4.78 is 10.6. The van der Waals surface area contributed by atoms with Crippen molar-refractivity contribution in [1.82, 2.24) is 15.0 Å². The van der Waals surface area contributed by atoms with Crippen LogP contribution in [0, 0.1) is 0 Å². The maximum absolute atomic E-state index is 12.1. The van der Waals surface area contributed by atoms with E-state index in [1.165, 1.54) is 4.90 Å². The van der Waals surface area contributed by atoms with E-state index in [4.69, 9.17) is 15.0 Å². The number of nitrogens with zero attached hydrogens (tertiary/aromatic N) is 3. The molecular formula is C19H27N5O4. The third-order valence-corrected chi connectivity index (χ3v) is 3.95. The third-order valence-electron chi connectivity index (χ3n) is 3.95. The molecule has 9 heteroatoms. The minimum atomic E-state index is -0.558. The average Bonchev–Trinajstić information content (AvgIpc) is 3.05. The number of benzene rings is 1. The van der Waals surface area contributed by atoms with E-state index in [1.807, 2.05) is 27.7 Å². The number of aromatic nitrogens is 2. The second-order valence-electron chi connectivity index (χ2n) is 7.51. The Labute approximate surface area is 164 Å². The molecular weight excluding hydrogens is 362 g/mol. The summed E-state index contributed by atoms with van der Waals surface area (Å²) in [5, 5.41) is 7.01. The molecule has 0 unspecified atom stereocenters. The number of para-hydroxylation sites is 1. The Morgan fingerprint density at radius 2 is 2.00 bits per heavy atom. The van der Waals surface area contributed by atoms with Crippen molar-refractivity contribution in [2.24, 2.45) is 5.73 Å². The monoisotopic (exact) mass is 389 g/mol.